The predicted octanol–water partition coefficient (Wildman–Crippen LogP) is 3.36. The van der Waals surface area contributed by atoms with Crippen molar-refractivity contribution in [3.8, 4) is 0 Å². The molecular formula is C17H16ClNO4. The molecule has 1 amide bonds. The number of carboxylic acids is 1. The molecule has 1 aromatic heterocycles. The van der Waals surface area contributed by atoms with Crippen molar-refractivity contribution in [3.63, 3.8) is 0 Å². The monoisotopic (exact) mass is 333 g/mol. The number of benzene rings is 1. The Balaban J connectivity index is 1.58. The van der Waals surface area contributed by atoms with E-state index in [9.17, 15) is 9.59 Å². The fourth-order valence-electron chi connectivity index (χ4n) is 2.75. The SMILES string of the molecule is Cc1oc(CNC(=O)C2CC2c2ccccc2Cl)cc1C(=O)O. The maximum Gasteiger partial charge on any atom is 0.339 e. The summed E-state index contributed by atoms with van der Waals surface area (Å²) in [6.07, 6.45) is 0.771. The second kappa shape index (κ2) is 6.08. The lowest BCUT2D eigenvalue weighted by atomic mass is 10.1. The second-order valence-electron chi connectivity index (χ2n) is 5.68. The molecule has 1 saturated carbocycles. The highest BCUT2D eigenvalue weighted by atomic mass is 35.5. The number of hydrogen-bond acceptors (Lipinski definition) is 3. The summed E-state index contributed by atoms with van der Waals surface area (Å²) in [6, 6.07) is 8.98. The number of aryl methyl sites for hydroxylation is 1. The summed E-state index contributed by atoms with van der Waals surface area (Å²) in [7, 11) is 0. The fraction of sp³-hybridized carbons (Fsp3) is 0.294. The molecule has 1 aliphatic carbocycles. The van der Waals surface area contributed by atoms with E-state index < -0.39 is 5.97 Å². The molecule has 0 bridgehead atoms. The number of halogens is 1. The van der Waals surface area contributed by atoms with Crippen molar-refractivity contribution in [1.82, 2.24) is 5.32 Å². The minimum atomic E-state index is -1.04. The Kier molecular flexibility index (Phi) is 4.13. The van der Waals surface area contributed by atoms with Crippen LogP contribution in [0.25, 0.3) is 0 Å². The van der Waals surface area contributed by atoms with Crippen LogP contribution < -0.4 is 5.32 Å². The van der Waals surface area contributed by atoms with Crippen molar-refractivity contribution in [3.05, 3.63) is 58.0 Å². The van der Waals surface area contributed by atoms with Gasteiger partial charge in [-0.1, -0.05) is 29.8 Å². The number of rotatable bonds is 5. The minimum Gasteiger partial charge on any atom is -0.478 e. The topological polar surface area (TPSA) is 79.5 Å². The summed E-state index contributed by atoms with van der Waals surface area (Å²) in [4.78, 5) is 23.2. The third kappa shape index (κ3) is 3.24. The normalized spacial score (nSPS) is 19.4. The van der Waals surface area contributed by atoms with Gasteiger partial charge in [-0.25, -0.2) is 4.79 Å². The van der Waals surface area contributed by atoms with E-state index in [1.54, 1.807) is 6.92 Å². The molecule has 0 aliphatic heterocycles. The molecule has 2 N–H and O–H groups in total. The van der Waals surface area contributed by atoms with Crippen molar-refractivity contribution < 1.29 is 19.1 Å². The maximum atomic E-state index is 12.2. The average Bonchev–Trinajstić information content (AvgIpc) is 3.21. The van der Waals surface area contributed by atoms with Crippen LogP contribution in [0.3, 0.4) is 0 Å². The van der Waals surface area contributed by atoms with Crippen molar-refractivity contribution >= 4 is 23.5 Å². The Labute approximate surface area is 138 Å². The lowest BCUT2D eigenvalue weighted by Gasteiger charge is -2.04. The van der Waals surface area contributed by atoms with Gasteiger partial charge in [-0.3, -0.25) is 4.79 Å². The van der Waals surface area contributed by atoms with Crippen LogP contribution in [-0.4, -0.2) is 17.0 Å². The van der Waals surface area contributed by atoms with Crippen molar-refractivity contribution in [2.24, 2.45) is 5.92 Å². The Bertz CT molecular complexity index is 768. The molecule has 1 fully saturated rings. The van der Waals surface area contributed by atoms with Gasteiger partial charge in [0.25, 0.3) is 0 Å². The van der Waals surface area contributed by atoms with E-state index >= 15 is 0 Å². The van der Waals surface area contributed by atoms with Gasteiger partial charge >= 0.3 is 5.97 Å². The smallest absolute Gasteiger partial charge is 0.339 e. The van der Waals surface area contributed by atoms with Crippen LogP contribution in [0, 0.1) is 12.8 Å². The molecule has 0 spiro atoms. The highest BCUT2D eigenvalue weighted by molar-refractivity contribution is 6.31. The first-order valence-electron chi connectivity index (χ1n) is 7.32. The van der Waals surface area contributed by atoms with E-state index in [1.165, 1.54) is 6.07 Å². The molecule has 2 atom stereocenters. The van der Waals surface area contributed by atoms with E-state index in [0.717, 1.165) is 12.0 Å². The number of carboxylic acid groups (broad SMARTS) is 1. The molecule has 120 valence electrons. The molecule has 23 heavy (non-hydrogen) atoms. The number of hydrogen-bond donors (Lipinski definition) is 2. The summed E-state index contributed by atoms with van der Waals surface area (Å²) in [5.74, 6) is -0.280. The summed E-state index contributed by atoms with van der Waals surface area (Å²) < 4.78 is 5.34. The zero-order valence-electron chi connectivity index (χ0n) is 12.5. The van der Waals surface area contributed by atoms with Gasteiger partial charge < -0.3 is 14.8 Å². The predicted molar refractivity (Wildman–Crippen MR) is 84.6 cm³/mol. The quantitative estimate of drug-likeness (QED) is 0.879. The molecule has 5 nitrogen and oxygen atoms in total. The van der Waals surface area contributed by atoms with E-state index in [-0.39, 0.29) is 29.9 Å². The van der Waals surface area contributed by atoms with Crippen molar-refractivity contribution in [2.45, 2.75) is 25.8 Å². The first kappa shape index (κ1) is 15.6. The Morgan fingerprint density at radius 2 is 2.13 bits per heavy atom. The number of amides is 1. The number of carbonyl (C=O) groups is 2. The van der Waals surface area contributed by atoms with Gasteiger partial charge in [0, 0.05) is 10.9 Å². The van der Waals surface area contributed by atoms with Crippen LogP contribution in [0.5, 0.6) is 0 Å². The van der Waals surface area contributed by atoms with Gasteiger partial charge in [-0.2, -0.15) is 0 Å². The molecule has 0 saturated heterocycles. The fourth-order valence-corrected chi connectivity index (χ4v) is 3.03. The van der Waals surface area contributed by atoms with Gasteiger partial charge in [0.15, 0.2) is 0 Å². The minimum absolute atomic E-state index is 0.0687. The van der Waals surface area contributed by atoms with Crippen LogP contribution in [0.4, 0.5) is 0 Å². The van der Waals surface area contributed by atoms with E-state index in [1.807, 2.05) is 24.3 Å². The summed E-state index contributed by atoms with van der Waals surface area (Å²) in [5.41, 5.74) is 1.12. The summed E-state index contributed by atoms with van der Waals surface area (Å²) in [5, 5.41) is 12.5. The molecule has 6 heteroatoms. The molecule has 3 rings (SSSR count). The Morgan fingerprint density at radius 3 is 2.78 bits per heavy atom. The van der Waals surface area contributed by atoms with Gasteiger partial charge in [0.1, 0.15) is 17.1 Å². The third-order valence-corrected chi connectivity index (χ3v) is 4.41. The highest BCUT2D eigenvalue weighted by Crippen LogP contribution is 2.49. The molecule has 2 unspecified atom stereocenters. The summed E-state index contributed by atoms with van der Waals surface area (Å²) >= 11 is 6.15. The number of furan rings is 1. The maximum absolute atomic E-state index is 12.2. The Morgan fingerprint density at radius 1 is 1.39 bits per heavy atom. The van der Waals surface area contributed by atoms with Crippen LogP contribution in [0.2, 0.25) is 5.02 Å². The van der Waals surface area contributed by atoms with Gasteiger partial charge in [-0.05, 0) is 37.0 Å². The van der Waals surface area contributed by atoms with E-state index in [2.05, 4.69) is 5.32 Å². The third-order valence-electron chi connectivity index (χ3n) is 4.07. The molecule has 1 aliphatic rings. The lowest BCUT2D eigenvalue weighted by Crippen LogP contribution is -2.24. The number of carbonyl (C=O) groups excluding carboxylic acids is 1. The van der Waals surface area contributed by atoms with Gasteiger partial charge in [0.05, 0.1) is 6.54 Å². The first-order chi connectivity index (χ1) is 11.0. The number of nitrogens with one attached hydrogen (secondary N) is 1. The standard InChI is InChI=1S/C17H16ClNO4/c1-9-12(17(21)22)6-10(23-9)8-19-16(20)14-7-13(14)11-4-2-3-5-15(11)18/h2-6,13-14H,7-8H2,1H3,(H,19,20)(H,21,22). The van der Waals surface area contributed by atoms with E-state index in [4.69, 9.17) is 21.1 Å². The lowest BCUT2D eigenvalue weighted by molar-refractivity contribution is -0.122. The number of aromatic carboxylic acids is 1. The van der Waals surface area contributed by atoms with Crippen LogP contribution >= 0.6 is 11.6 Å². The molecule has 1 aromatic carbocycles. The largest absolute Gasteiger partial charge is 0.478 e. The highest BCUT2D eigenvalue weighted by Gasteiger charge is 2.44. The van der Waals surface area contributed by atoms with Gasteiger partial charge in [-0.15, -0.1) is 0 Å². The van der Waals surface area contributed by atoms with Crippen molar-refractivity contribution in [2.75, 3.05) is 0 Å². The van der Waals surface area contributed by atoms with Gasteiger partial charge in [0.2, 0.25) is 5.91 Å². The Hall–Kier alpha value is -2.27. The molecule has 2 aromatic rings. The second-order valence-corrected chi connectivity index (χ2v) is 6.08. The average molecular weight is 334 g/mol. The van der Waals surface area contributed by atoms with Crippen LogP contribution in [0.1, 0.15) is 39.8 Å². The van der Waals surface area contributed by atoms with Crippen LogP contribution in [0.15, 0.2) is 34.7 Å². The molecule has 1 heterocycles. The van der Waals surface area contributed by atoms with Crippen LogP contribution in [-0.2, 0) is 11.3 Å². The first-order valence-corrected chi connectivity index (χ1v) is 7.70. The zero-order valence-corrected chi connectivity index (χ0v) is 13.3. The van der Waals surface area contributed by atoms with Crippen molar-refractivity contribution in [1.29, 1.82) is 0 Å². The zero-order chi connectivity index (χ0) is 16.6. The van der Waals surface area contributed by atoms with E-state index in [0.29, 0.717) is 16.5 Å². The molecule has 0 radical (unpaired) electrons. The summed E-state index contributed by atoms with van der Waals surface area (Å²) in [6.45, 7) is 1.77. The molecular weight excluding hydrogens is 318 g/mol.